The van der Waals surface area contributed by atoms with Crippen LogP contribution < -0.4 is 30.7 Å². The predicted molar refractivity (Wildman–Crippen MR) is 201 cm³/mol. The van der Waals surface area contributed by atoms with Crippen LogP contribution in [0, 0.1) is 22.7 Å². The van der Waals surface area contributed by atoms with Crippen molar-refractivity contribution in [2.24, 2.45) is 0 Å². The average molecular weight is 721 g/mol. The number of nitriles is 2. The minimum Gasteiger partial charge on any atom is -0.506 e. The number of nitrogens with one attached hydrogen (secondary N) is 4. The summed E-state index contributed by atoms with van der Waals surface area (Å²) in [5.41, 5.74) is 3.60. The molecule has 14 heteroatoms. The van der Waals surface area contributed by atoms with Crippen molar-refractivity contribution in [1.29, 1.82) is 10.5 Å². The number of benzene rings is 4. The highest BCUT2D eigenvalue weighted by atomic mass is 16.5. The molecular formula is C40H32N8O6. The molecule has 0 radical (unpaired) electrons. The molecule has 0 saturated carbocycles. The number of hydrogen-bond acceptors (Lipinski definition) is 10. The van der Waals surface area contributed by atoms with E-state index < -0.39 is 12.1 Å². The Morgan fingerprint density at radius 1 is 0.593 bits per heavy atom. The maximum absolute atomic E-state index is 12.3. The van der Waals surface area contributed by atoms with Crippen molar-refractivity contribution in [1.82, 2.24) is 9.97 Å². The molecule has 0 bridgehead atoms. The van der Waals surface area contributed by atoms with Gasteiger partial charge in [-0.3, -0.25) is 9.97 Å². The maximum Gasteiger partial charge on any atom is 0.323 e. The van der Waals surface area contributed by atoms with E-state index in [1.165, 1.54) is 36.4 Å². The SMILES string of the molecule is N#Cc1ccc(NC(=O)Nc2ccccc2OCc2ccccn2)c(O)c1.N#Cc1ccc(NC(=O)Nc2ccccc2OCc2cccnc2)c(O)c1. The molecule has 0 spiro atoms. The van der Waals surface area contributed by atoms with E-state index in [2.05, 4.69) is 31.2 Å². The molecular weight excluding hydrogens is 688 g/mol. The molecule has 6 aromatic rings. The van der Waals surface area contributed by atoms with Crippen molar-refractivity contribution >= 4 is 34.8 Å². The zero-order chi connectivity index (χ0) is 38.1. The third-order valence-corrected chi connectivity index (χ3v) is 7.24. The highest BCUT2D eigenvalue weighted by molar-refractivity contribution is 6.02. The number of hydrogen-bond donors (Lipinski definition) is 6. The number of para-hydroxylation sites is 4. The van der Waals surface area contributed by atoms with Crippen LogP contribution in [0.4, 0.5) is 32.3 Å². The minimum atomic E-state index is -0.552. The van der Waals surface area contributed by atoms with Gasteiger partial charge >= 0.3 is 12.1 Å². The number of aromatic hydroxyl groups is 2. The molecule has 2 heterocycles. The first kappa shape index (κ1) is 37.2. The van der Waals surface area contributed by atoms with Crippen LogP contribution in [0.3, 0.4) is 0 Å². The number of aromatic nitrogens is 2. The van der Waals surface area contributed by atoms with Crippen LogP contribution in [0.1, 0.15) is 22.4 Å². The zero-order valence-corrected chi connectivity index (χ0v) is 28.4. The fourth-order valence-electron chi connectivity index (χ4n) is 4.64. The second-order valence-electron chi connectivity index (χ2n) is 11.1. The highest BCUT2D eigenvalue weighted by Gasteiger charge is 2.12. The molecule has 268 valence electrons. The fraction of sp³-hybridized carbons (Fsp3) is 0.0500. The van der Waals surface area contributed by atoms with E-state index in [4.69, 9.17) is 20.0 Å². The second-order valence-corrected chi connectivity index (χ2v) is 11.1. The first-order valence-electron chi connectivity index (χ1n) is 16.2. The van der Waals surface area contributed by atoms with Gasteiger partial charge in [0, 0.05) is 24.2 Å². The monoisotopic (exact) mass is 720 g/mol. The molecule has 14 nitrogen and oxygen atoms in total. The molecule has 0 atom stereocenters. The third kappa shape index (κ3) is 10.9. The molecule has 6 rings (SSSR count). The van der Waals surface area contributed by atoms with Gasteiger partial charge in [0.15, 0.2) is 0 Å². The minimum absolute atomic E-state index is 0.190. The van der Waals surface area contributed by atoms with Gasteiger partial charge in [-0.05, 0) is 78.9 Å². The van der Waals surface area contributed by atoms with Gasteiger partial charge in [-0.15, -0.1) is 0 Å². The number of anilines is 4. The standard InChI is InChI=1S/2C20H16N4O3/c21-12-14-8-9-16(18(25)11-14)23-20(26)24-17-6-1-2-7-19(17)27-13-15-5-3-4-10-22-15;21-11-14-7-8-16(18(25)10-14)23-20(26)24-17-5-1-2-6-19(17)27-13-15-4-3-9-22-12-15/h1-11,25H,13H2,(H2,23,24,26);1-10,12,25H,13H2,(H2,23,24,26). The highest BCUT2D eigenvalue weighted by Crippen LogP contribution is 2.29. The van der Waals surface area contributed by atoms with E-state index >= 15 is 0 Å². The number of urea groups is 2. The lowest BCUT2D eigenvalue weighted by Crippen LogP contribution is -2.20. The van der Waals surface area contributed by atoms with E-state index in [0.717, 1.165) is 11.3 Å². The number of carbonyl (C=O) groups excluding carboxylic acids is 2. The quantitative estimate of drug-likeness (QED) is 0.0756. The Balaban J connectivity index is 0.000000208. The Bertz CT molecular complexity index is 2130. The van der Waals surface area contributed by atoms with Crippen LogP contribution in [0.15, 0.2) is 134 Å². The summed E-state index contributed by atoms with van der Waals surface area (Å²) < 4.78 is 11.5. The van der Waals surface area contributed by atoms with Crippen molar-refractivity contribution in [3.8, 4) is 35.1 Å². The number of phenolic OH excluding ortho intramolecular Hbond substituents is 2. The van der Waals surface area contributed by atoms with Crippen molar-refractivity contribution in [2.45, 2.75) is 13.2 Å². The summed E-state index contributed by atoms with van der Waals surface area (Å²) in [5, 5.41) is 47.8. The number of nitrogens with zero attached hydrogens (tertiary/aromatic N) is 4. The van der Waals surface area contributed by atoms with Gasteiger partial charge in [0.1, 0.15) is 36.2 Å². The Hall–Kier alpha value is -8.10. The van der Waals surface area contributed by atoms with Crippen molar-refractivity contribution in [3.05, 3.63) is 156 Å². The van der Waals surface area contributed by atoms with Crippen LogP contribution in [-0.4, -0.2) is 32.2 Å². The molecule has 0 aliphatic heterocycles. The largest absolute Gasteiger partial charge is 0.506 e. The van der Waals surface area contributed by atoms with Gasteiger partial charge in [0.25, 0.3) is 0 Å². The van der Waals surface area contributed by atoms with E-state index in [1.807, 2.05) is 42.5 Å². The summed E-state index contributed by atoms with van der Waals surface area (Å²) in [6, 6.07) is 34.5. The van der Waals surface area contributed by atoms with Gasteiger partial charge in [-0.2, -0.15) is 10.5 Å². The number of ether oxygens (including phenoxy) is 2. The number of phenols is 2. The van der Waals surface area contributed by atoms with Gasteiger partial charge in [-0.1, -0.05) is 36.4 Å². The van der Waals surface area contributed by atoms with Gasteiger partial charge in [-0.25, -0.2) is 9.59 Å². The lowest BCUT2D eigenvalue weighted by molar-refractivity contribution is 0.261. The lowest BCUT2D eigenvalue weighted by Gasteiger charge is -2.13. The van der Waals surface area contributed by atoms with E-state index in [9.17, 15) is 19.8 Å². The van der Waals surface area contributed by atoms with E-state index in [1.54, 1.807) is 67.1 Å². The summed E-state index contributed by atoms with van der Waals surface area (Å²) in [6.45, 7) is 0.572. The fourth-order valence-corrected chi connectivity index (χ4v) is 4.64. The van der Waals surface area contributed by atoms with Gasteiger partial charge < -0.3 is 41.0 Å². The van der Waals surface area contributed by atoms with E-state index in [-0.39, 0.29) is 29.5 Å². The van der Waals surface area contributed by atoms with Crippen LogP contribution in [0.25, 0.3) is 0 Å². The van der Waals surface area contributed by atoms with Crippen molar-refractivity contribution in [3.63, 3.8) is 0 Å². The topological polar surface area (TPSA) is 215 Å². The number of carbonyl (C=O) groups is 2. The van der Waals surface area contributed by atoms with Crippen LogP contribution in [0.5, 0.6) is 23.0 Å². The van der Waals surface area contributed by atoms with Crippen LogP contribution in [0.2, 0.25) is 0 Å². The average Bonchev–Trinajstić information content (AvgIpc) is 3.19. The summed E-state index contributed by atoms with van der Waals surface area (Å²) in [4.78, 5) is 32.7. The second kappa shape index (κ2) is 18.8. The predicted octanol–water partition coefficient (Wildman–Crippen LogP) is 7.76. The Labute approximate surface area is 309 Å². The summed E-state index contributed by atoms with van der Waals surface area (Å²) in [6.07, 6.45) is 5.07. The van der Waals surface area contributed by atoms with Crippen LogP contribution >= 0.6 is 0 Å². The van der Waals surface area contributed by atoms with Gasteiger partial charge in [0.05, 0.1) is 51.7 Å². The van der Waals surface area contributed by atoms with Crippen LogP contribution in [-0.2, 0) is 13.2 Å². The maximum atomic E-state index is 12.3. The Morgan fingerprint density at radius 2 is 1.11 bits per heavy atom. The molecule has 0 unspecified atom stereocenters. The molecule has 4 amide bonds. The Kier molecular flexibility index (Phi) is 12.9. The number of pyridine rings is 2. The molecule has 4 aromatic carbocycles. The zero-order valence-electron chi connectivity index (χ0n) is 28.4. The summed E-state index contributed by atoms with van der Waals surface area (Å²) >= 11 is 0. The number of amides is 4. The van der Waals surface area contributed by atoms with Crippen molar-refractivity contribution in [2.75, 3.05) is 21.3 Å². The molecule has 54 heavy (non-hydrogen) atoms. The van der Waals surface area contributed by atoms with Gasteiger partial charge in [0.2, 0.25) is 0 Å². The molecule has 6 N–H and O–H groups in total. The third-order valence-electron chi connectivity index (χ3n) is 7.24. The Morgan fingerprint density at radius 3 is 1.59 bits per heavy atom. The lowest BCUT2D eigenvalue weighted by atomic mass is 10.2. The van der Waals surface area contributed by atoms with Crippen molar-refractivity contribution < 1.29 is 29.3 Å². The molecule has 2 aromatic heterocycles. The first-order chi connectivity index (χ1) is 26.3. The number of rotatable bonds is 10. The molecule has 0 aliphatic carbocycles. The summed E-state index contributed by atoms with van der Waals surface area (Å²) in [5.74, 6) is 0.608. The van der Waals surface area contributed by atoms with E-state index in [0.29, 0.717) is 40.6 Å². The molecule has 0 fully saturated rings. The summed E-state index contributed by atoms with van der Waals surface area (Å²) in [7, 11) is 0. The molecule has 0 aliphatic rings. The smallest absolute Gasteiger partial charge is 0.323 e. The normalized spacial score (nSPS) is 9.89. The molecule has 0 saturated heterocycles. The first-order valence-corrected chi connectivity index (χ1v) is 16.2.